The highest BCUT2D eigenvalue weighted by atomic mass is 16.2. The molecule has 1 unspecified atom stereocenters. The number of aromatic nitrogens is 2. The molecule has 2 heterocycles. The Labute approximate surface area is 175 Å². The number of hydrogen-bond donors (Lipinski definition) is 1. The van der Waals surface area contributed by atoms with Crippen molar-refractivity contribution in [1.29, 1.82) is 0 Å². The van der Waals surface area contributed by atoms with E-state index >= 15 is 0 Å². The second kappa shape index (κ2) is 8.73. The van der Waals surface area contributed by atoms with E-state index in [1.165, 1.54) is 6.92 Å². The molecule has 0 bridgehead atoms. The van der Waals surface area contributed by atoms with Crippen molar-refractivity contribution in [3.05, 3.63) is 78.6 Å². The Bertz CT molecular complexity index is 1040. The molecular weight excluding hydrogens is 378 g/mol. The molecule has 1 aromatic heterocycles. The number of hydrogen-bond acceptors (Lipinski definition) is 5. The van der Waals surface area contributed by atoms with Gasteiger partial charge in [0.15, 0.2) is 5.78 Å². The van der Waals surface area contributed by atoms with Gasteiger partial charge in [-0.25, -0.2) is 4.68 Å². The second-order valence-corrected chi connectivity index (χ2v) is 7.18. The zero-order valence-corrected chi connectivity index (χ0v) is 16.7. The maximum atomic E-state index is 12.6. The Morgan fingerprint density at radius 1 is 1.03 bits per heavy atom. The van der Waals surface area contributed by atoms with E-state index in [9.17, 15) is 9.59 Å². The van der Waals surface area contributed by atoms with Crippen molar-refractivity contribution >= 4 is 23.1 Å². The fraction of sp³-hybridized carbons (Fsp3) is 0.217. The van der Waals surface area contributed by atoms with Crippen molar-refractivity contribution in [2.75, 3.05) is 11.6 Å². The van der Waals surface area contributed by atoms with Crippen LogP contribution in [0.4, 0.5) is 5.69 Å². The van der Waals surface area contributed by atoms with Crippen molar-refractivity contribution < 1.29 is 9.59 Å². The minimum Gasteiger partial charge on any atom is -0.351 e. The average Bonchev–Trinajstić information content (AvgIpc) is 3.45. The van der Waals surface area contributed by atoms with Crippen LogP contribution in [0.25, 0.3) is 5.69 Å². The Kier molecular flexibility index (Phi) is 5.70. The molecule has 1 atom stereocenters. The average molecular weight is 401 g/mol. The quantitative estimate of drug-likeness (QED) is 0.660. The molecule has 7 heteroatoms. The monoisotopic (exact) mass is 401 g/mol. The molecule has 0 saturated carbocycles. The topological polar surface area (TPSA) is 79.6 Å². The number of nitrogens with zero attached hydrogens (tertiary/aromatic N) is 4. The van der Waals surface area contributed by atoms with Crippen molar-refractivity contribution in [3.8, 4) is 5.69 Å². The summed E-state index contributed by atoms with van der Waals surface area (Å²) in [5.74, 6) is -0.240. The van der Waals surface area contributed by atoms with Gasteiger partial charge in [-0.3, -0.25) is 14.6 Å². The van der Waals surface area contributed by atoms with Crippen LogP contribution in [0.5, 0.6) is 0 Å². The van der Waals surface area contributed by atoms with Gasteiger partial charge in [-0.05, 0) is 49.2 Å². The van der Waals surface area contributed by atoms with E-state index in [1.807, 2.05) is 66.9 Å². The van der Waals surface area contributed by atoms with Gasteiger partial charge in [-0.15, -0.1) is 0 Å². The van der Waals surface area contributed by atoms with E-state index in [2.05, 4.69) is 15.5 Å². The van der Waals surface area contributed by atoms with E-state index in [-0.39, 0.29) is 11.7 Å². The molecule has 30 heavy (non-hydrogen) atoms. The van der Waals surface area contributed by atoms with Gasteiger partial charge in [0.25, 0.3) is 5.91 Å². The number of carbonyl (C=O) groups excluding carboxylic acids is 2. The van der Waals surface area contributed by atoms with Gasteiger partial charge < -0.3 is 5.32 Å². The standard InChI is InChI=1S/C23H23N5O2/c1-17(29)22-16-21(26-28(22)20-6-3-2-4-7-20)23(30)24-14-12-18-8-10-19(11-9-18)27-15-5-13-25-27/h2-11,13,15,22H,12,14,16H2,1H3,(H,24,30). The van der Waals surface area contributed by atoms with Crippen LogP contribution in [0.3, 0.4) is 0 Å². The molecular formula is C23H23N5O2. The first-order chi connectivity index (χ1) is 14.6. The lowest BCUT2D eigenvalue weighted by molar-refractivity contribution is -0.118. The zero-order chi connectivity index (χ0) is 20.9. The number of ketones is 1. The van der Waals surface area contributed by atoms with Gasteiger partial charge in [0, 0.05) is 25.4 Å². The lowest BCUT2D eigenvalue weighted by Crippen LogP contribution is -2.34. The van der Waals surface area contributed by atoms with Crippen LogP contribution in [-0.4, -0.2) is 39.8 Å². The third kappa shape index (κ3) is 4.30. The highest BCUT2D eigenvalue weighted by Crippen LogP contribution is 2.25. The fourth-order valence-corrected chi connectivity index (χ4v) is 3.44. The van der Waals surface area contributed by atoms with Gasteiger partial charge >= 0.3 is 0 Å². The van der Waals surface area contributed by atoms with E-state index < -0.39 is 6.04 Å². The largest absolute Gasteiger partial charge is 0.351 e. The van der Waals surface area contributed by atoms with Gasteiger partial charge in [0.1, 0.15) is 11.8 Å². The number of rotatable bonds is 7. The number of para-hydroxylation sites is 1. The Morgan fingerprint density at radius 3 is 2.47 bits per heavy atom. The SMILES string of the molecule is CC(=O)C1CC(C(=O)NCCc2ccc(-n3cccn3)cc2)=NN1c1ccccc1. The van der Waals surface area contributed by atoms with E-state index in [0.717, 1.165) is 16.9 Å². The van der Waals surface area contributed by atoms with E-state index in [0.29, 0.717) is 25.1 Å². The molecule has 0 saturated heterocycles. The third-order valence-corrected chi connectivity index (χ3v) is 5.07. The summed E-state index contributed by atoms with van der Waals surface area (Å²) in [7, 11) is 0. The van der Waals surface area contributed by atoms with Gasteiger partial charge in [-0.1, -0.05) is 30.3 Å². The van der Waals surface area contributed by atoms with Crippen LogP contribution in [0, 0.1) is 0 Å². The van der Waals surface area contributed by atoms with Crippen LogP contribution in [0.15, 0.2) is 78.2 Å². The first-order valence-corrected chi connectivity index (χ1v) is 9.91. The highest BCUT2D eigenvalue weighted by molar-refractivity contribution is 6.40. The summed E-state index contributed by atoms with van der Waals surface area (Å²) in [6, 6.07) is 18.9. The number of benzene rings is 2. The molecule has 0 aliphatic carbocycles. The molecule has 1 aliphatic rings. The molecule has 4 rings (SSSR count). The molecule has 1 aliphatic heterocycles. The van der Waals surface area contributed by atoms with E-state index in [4.69, 9.17) is 0 Å². The summed E-state index contributed by atoms with van der Waals surface area (Å²) in [4.78, 5) is 24.7. The smallest absolute Gasteiger partial charge is 0.267 e. The number of nitrogens with one attached hydrogen (secondary N) is 1. The predicted molar refractivity (Wildman–Crippen MR) is 116 cm³/mol. The van der Waals surface area contributed by atoms with Gasteiger partial charge in [-0.2, -0.15) is 10.2 Å². The van der Waals surface area contributed by atoms with Crippen molar-refractivity contribution in [2.24, 2.45) is 5.10 Å². The summed E-state index contributed by atoms with van der Waals surface area (Å²) in [5.41, 5.74) is 3.29. The summed E-state index contributed by atoms with van der Waals surface area (Å²) in [6.07, 6.45) is 4.65. The Morgan fingerprint density at radius 2 is 1.80 bits per heavy atom. The summed E-state index contributed by atoms with van der Waals surface area (Å²) >= 11 is 0. The normalized spacial score (nSPS) is 15.7. The molecule has 1 N–H and O–H groups in total. The van der Waals surface area contributed by atoms with Crippen LogP contribution in [0.1, 0.15) is 18.9 Å². The summed E-state index contributed by atoms with van der Waals surface area (Å²) < 4.78 is 1.80. The predicted octanol–water partition coefficient (Wildman–Crippen LogP) is 2.75. The fourth-order valence-electron chi connectivity index (χ4n) is 3.44. The van der Waals surface area contributed by atoms with Gasteiger partial charge in [0.05, 0.1) is 11.4 Å². The van der Waals surface area contributed by atoms with Crippen molar-refractivity contribution in [3.63, 3.8) is 0 Å². The number of hydrazone groups is 1. The lowest BCUT2D eigenvalue weighted by atomic mass is 10.1. The third-order valence-electron chi connectivity index (χ3n) is 5.07. The minimum atomic E-state index is -0.442. The molecule has 0 fully saturated rings. The summed E-state index contributed by atoms with van der Waals surface area (Å²) in [5, 5.41) is 13.2. The first kappa shape index (κ1) is 19.6. The van der Waals surface area contributed by atoms with Crippen LogP contribution in [-0.2, 0) is 16.0 Å². The Hall–Kier alpha value is -3.74. The molecule has 2 aromatic carbocycles. The van der Waals surface area contributed by atoms with Crippen LogP contribution >= 0.6 is 0 Å². The van der Waals surface area contributed by atoms with Crippen molar-refractivity contribution in [1.82, 2.24) is 15.1 Å². The zero-order valence-electron chi connectivity index (χ0n) is 16.7. The molecule has 0 spiro atoms. The number of amides is 1. The maximum absolute atomic E-state index is 12.6. The first-order valence-electron chi connectivity index (χ1n) is 9.91. The van der Waals surface area contributed by atoms with Crippen LogP contribution < -0.4 is 10.3 Å². The maximum Gasteiger partial charge on any atom is 0.267 e. The molecule has 152 valence electrons. The van der Waals surface area contributed by atoms with Crippen molar-refractivity contribution in [2.45, 2.75) is 25.8 Å². The number of carbonyl (C=O) groups is 2. The molecule has 7 nitrogen and oxygen atoms in total. The summed E-state index contributed by atoms with van der Waals surface area (Å²) in [6.45, 7) is 2.03. The number of Topliss-reactive ketones (excluding diaryl/α,β-unsaturated/α-hetero) is 1. The van der Waals surface area contributed by atoms with Gasteiger partial charge in [0.2, 0.25) is 0 Å². The van der Waals surface area contributed by atoms with E-state index in [1.54, 1.807) is 15.9 Å². The second-order valence-electron chi connectivity index (χ2n) is 7.18. The lowest BCUT2D eigenvalue weighted by Gasteiger charge is -2.20. The highest BCUT2D eigenvalue weighted by Gasteiger charge is 2.33. The molecule has 0 radical (unpaired) electrons. The Balaban J connectivity index is 1.35. The van der Waals surface area contributed by atoms with Crippen LogP contribution in [0.2, 0.25) is 0 Å². The molecule has 1 amide bonds. The molecule has 3 aromatic rings. The number of anilines is 1. The minimum absolute atomic E-state index is 0.0114.